The fourth-order valence-electron chi connectivity index (χ4n) is 1.57. The van der Waals surface area contributed by atoms with E-state index in [-0.39, 0.29) is 6.42 Å². The number of nitrogens with one attached hydrogen (secondary N) is 1. The summed E-state index contributed by atoms with van der Waals surface area (Å²) >= 11 is 7.32. The highest BCUT2D eigenvalue weighted by Gasteiger charge is 2.27. The molecular formula is C13H10ClF3N2OS. The number of nitrogens with zero attached hydrogens (tertiary/aromatic N) is 1. The molecule has 0 atom stereocenters. The van der Waals surface area contributed by atoms with Crippen molar-refractivity contribution in [2.24, 2.45) is 0 Å². The van der Waals surface area contributed by atoms with Gasteiger partial charge in [0.15, 0.2) is 0 Å². The number of benzene rings is 1. The average Bonchev–Trinajstić information content (AvgIpc) is 2.84. The van der Waals surface area contributed by atoms with Gasteiger partial charge in [-0.3, -0.25) is 4.79 Å². The number of aromatic nitrogens is 1. The molecule has 0 saturated carbocycles. The lowest BCUT2D eigenvalue weighted by atomic mass is 10.2. The van der Waals surface area contributed by atoms with Gasteiger partial charge in [-0.15, -0.1) is 11.3 Å². The second-order valence-corrected chi connectivity index (χ2v) is 5.46. The first-order valence-electron chi connectivity index (χ1n) is 5.88. The van der Waals surface area contributed by atoms with Gasteiger partial charge in [0.05, 0.1) is 17.1 Å². The quantitative estimate of drug-likeness (QED) is 0.926. The minimum absolute atomic E-state index is 0.197. The van der Waals surface area contributed by atoms with E-state index in [1.54, 1.807) is 35.0 Å². The Labute approximate surface area is 127 Å². The molecule has 21 heavy (non-hydrogen) atoms. The van der Waals surface area contributed by atoms with E-state index in [0.29, 0.717) is 15.7 Å². The van der Waals surface area contributed by atoms with Crippen molar-refractivity contribution in [3.8, 4) is 10.6 Å². The molecule has 0 unspecified atom stereocenters. The summed E-state index contributed by atoms with van der Waals surface area (Å²) in [6.07, 6.45) is -4.61. The molecule has 1 amide bonds. The summed E-state index contributed by atoms with van der Waals surface area (Å²) in [5.41, 5.74) is 1.14. The Bertz CT molecular complexity index is 642. The van der Waals surface area contributed by atoms with Crippen molar-refractivity contribution in [2.45, 2.75) is 12.6 Å². The lowest BCUT2D eigenvalue weighted by molar-refractivity contribution is -0.138. The van der Waals surface area contributed by atoms with Crippen LogP contribution in [0.4, 0.5) is 13.2 Å². The van der Waals surface area contributed by atoms with Crippen LogP contribution in [0.2, 0.25) is 5.02 Å². The van der Waals surface area contributed by atoms with Crippen LogP contribution in [-0.2, 0) is 11.2 Å². The number of rotatable bonds is 4. The number of amides is 1. The molecule has 0 spiro atoms. The standard InChI is InChI=1S/C13H10ClF3N2OS/c14-10-4-2-1-3-9(10)12-19-8(6-21-12)5-11(20)18-7-13(15,16)17/h1-4,6H,5,7H2,(H,18,20). The molecule has 8 heteroatoms. The number of carbonyl (C=O) groups is 1. The van der Waals surface area contributed by atoms with E-state index in [9.17, 15) is 18.0 Å². The zero-order valence-corrected chi connectivity index (χ0v) is 12.1. The summed E-state index contributed by atoms with van der Waals surface area (Å²) < 4.78 is 35.9. The van der Waals surface area contributed by atoms with Crippen LogP contribution in [0, 0.1) is 0 Å². The number of hydrogen-bond acceptors (Lipinski definition) is 3. The number of hydrogen-bond donors (Lipinski definition) is 1. The smallest absolute Gasteiger partial charge is 0.347 e. The molecule has 1 N–H and O–H groups in total. The molecule has 0 fully saturated rings. The molecule has 3 nitrogen and oxygen atoms in total. The van der Waals surface area contributed by atoms with E-state index in [1.165, 1.54) is 11.3 Å². The number of halogens is 4. The molecule has 1 aromatic heterocycles. The van der Waals surface area contributed by atoms with Gasteiger partial charge in [0.25, 0.3) is 0 Å². The van der Waals surface area contributed by atoms with Crippen molar-refractivity contribution < 1.29 is 18.0 Å². The third-order valence-corrected chi connectivity index (χ3v) is 3.74. The fraction of sp³-hybridized carbons (Fsp3) is 0.231. The number of carbonyl (C=O) groups excluding carboxylic acids is 1. The van der Waals surface area contributed by atoms with Gasteiger partial charge >= 0.3 is 6.18 Å². The van der Waals surface area contributed by atoms with Crippen LogP contribution in [0.25, 0.3) is 10.6 Å². The van der Waals surface area contributed by atoms with Gasteiger partial charge in [0, 0.05) is 10.9 Å². The monoisotopic (exact) mass is 334 g/mol. The molecule has 0 saturated heterocycles. The largest absolute Gasteiger partial charge is 0.405 e. The van der Waals surface area contributed by atoms with Gasteiger partial charge in [0.2, 0.25) is 5.91 Å². The summed E-state index contributed by atoms with van der Waals surface area (Å²) in [4.78, 5) is 15.6. The van der Waals surface area contributed by atoms with Crippen LogP contribution >= 0.6 is 22.9 Å². The zero-order valence-electron chi connectivity index (χ0n) is 10.6. The van der Waals surface area contributed by atoms with Crippen LogP contribution in [0.5, 0.6) is 0 Å². The summed E-state index contributed by atoms with van der Waals surface area (Å²) in [5.74, 6) is -0.719. The molecule has 112 valence electrons. The Morgan fingerprint density at radius 2 is 2.05 bits per heavy atom. The summed E-state index contributed by atoms with van der Waals surface area (Å²) in [6, 6.07) is 7.09. The topological polar surface area (TPSA) is 42.0 Å². The maximum absolute atomic E-state index is 12.0. The molecule has 1 heterocycles. The molecular weight excluding hydrogens is 325 g/mol. The molecule has 0 bridgehead atoms. The number of alkyl halides is 3. The highest BCUT2D eigenvalue weighted by molar-refractivity contribution is 7.13. The molecule has 0 radical (unpaired) electrons. The Hall–Kier alpha value is -1.60. The Morgan fingerprint density at radius 3 is 2.71 bits per heavy atom. The van der Waals surface area contributed by atoms with E-state index in [0.717, 1.165) is 5.56 Å². The van der Waals surface area contributed by atoms with Gasteiger partial charge in [-0.25, -0.2) is 4.98 Å². The molecule has 0 aliphatic heterocycles. The van der Waals surface area contributed by atoms with E-state index in [1.807, 2.05) is 0 Å². The average molecular weight is 335 g/mol. The summed E-state index contributed by atoms with van der Waals surface area (Å²) in [6.45, 7) is -1.34. The third-order valence-electron chi connectivity index (χ3n) is 2.48. The van der Waals surface area contributed by atoms with E-state index >= 15 is 0 Å². The highest BCUT2D eigenvalue weighted by atomic mass is 35.5. The van der Waals surface area contributed by atoms with Crippen LogP contribution in [0.15, 0.2) is 29.6 Å². The van der Waals surface area contributed by atoms with Gasteiger partial charge in [0.1, 0.15) is 11.6 Å². The maximum Gasteiger partial charge on any atom is 0.405 e. The maximum atomic E-state index is 12.0. The first-order valence-corrected chi connectivity index (χ1v) is 7.13. The Morgan fingerprint density at radius 1 is 1.33 bits per heavy atom. The first-order chi connectivity index (χ1) is 9.85. The summed E-state index contributed by atoms with van der Waals surface area (Å²) in [5, 5.41) is 4.59. The van der Waals surface area contributed by atoms with Crippen molar-refractivity contribution >= 4 is 28.8 Å². The fourth-order valence-corrected chi connectivity index (χ4v) is 2.71. The first kappa shape index (κ1) is 15.8. The minimum atomic E-state index is -4.42. The predicted molar refractivity (Wildman–Crippen MR) is 75.3 cm³/mol. The van der Waals surface area contributed by atoms with Crippen molar-refractivity contribution in [3.63, 3.8) is 0 Å². The molecule has 2 rings (SSSR count). The van der Waals surface area contributed by atoms with Crippen LogP contribution in [0.3, 0.4) is 0 Å². The molecule has 1 aromatic carbocycles. The second kappa shape index (κ2) is 6.44. The van der Waals surface area contributed by atoms with Crippen molar-refractivity contribution in [1.82, 2.24) is 10.3 Å². The van der Waals surface area contributed by atoms with Crippen molar-refractivity contribution in [2.75, 3.05) is 6.54 Å². The van der Waals surface area contributed by atoms with Crippen molar-refractivity contribution in [1.29, 1.82) is 0 Å². The van der Waals surface area contributed by atoms with E-state index in [2.05, 4.69) is 4.98 Å². The molecule has 0 aliphatic carbocycles. The van der Waals surface area contributed by atoms with Gasteiger partial charge < -0.3 is 5.32 Å². The van der Waals surface area contributed by atoms with Gasteiger partial charge in [-0.2, -0.15) is 13.2 Å². The normalized spacial score (nSPS) is 11.4. The van der Waals surface area contributed by atoms with Crippen LogP contribution < -0.4 is 5.32 Å². The highest BCUT2D eigenvalue weighted by Crippen LogP contribution is 2.30. The Kier molecular flexibility index (Phi) is 4.84. The predicted octanol–water partition coefficient (Wildman–Crippen LogP) is 3.68. The SMILES string of the molecule is O=C(Cc1csc(-c2ccccc2Cl)n1)NCC(F)(F)F. The molecule has 2 aromatic rings. The van der Waals surface area contributed by atoms with Gasteiger partial charge in [-0.05, 0) is 6.07 Å². The lowest BCUT2D eigenvalue weighted by Crippen LogP contribution is -2.34. The van der Waals surface area contributed by atoms with Gasteiger partial charge in [-0.1, -0.05) is 29.8 Å². The zero-order chi connectivity index (χ0) is 15.5. The molecule has 0 aliphatic rings. The van der Waals surface area contributed by atoms with E-state index < -0.39 is 18.6 Å². The third kappa shape index (κ3) is 4.71. The van der Waals surface area contributed by atoms with Crippen LogP contribution in [0.1, 0.15) is 5.69 Å². The number of thiazole rings is 1. The second-order valence-electron chi connectivity index (χ2n) is 4.19. The Balaban J connectivity index is 2.01. The lowest BCUT2D eigenvalue weighted by Gasteiger charge is -2.07. The van der Waals surface area contributed by atoms with E-state index in [4.69, 9.17) is 11.6 Å². The van der Waals surface area contributed by atoms with Crippen LogP contribution in [-0.4, -0.2) is 23.6 Å². The summed E-state index contributed by atoms with van der Waals surface area (Å²) in [7, 11) is 0. The van der Waals surface area contributed by atoms with Crippen molar-refractivity contribution in [3.05, 3.63) is 40.4 Å². The minimum Gasteiger partial charge on any atom is -0.347 e.